The van der Waals surface area contributed by atoms with Crippen LogP contribution in [-0.2, 0) is 9.53 Å². The number of aromatic amines is 1. The monoisotopic (exact) mass is 374 g/mol. The Morgan fingerprint density at radius 3 is 2.67 bits per heavy atom. The first kappa shape index (κ1) is 17.5. The number of nitrogens with one attached hydrogen (secondary N) is 2. The number of rotatable bonds is 2. The number of piperazine rings is 1. The van der Waals surface area contributed by atoms with Crippen LogP contribution in [0, 0.1) is 5.82 Å². The molecule has 2 aliphatic rings. The SMILES string of the molecule is O=C1CN(C(=O)c2c[nH]c3cc(N4CCOCC4)c(F)cc3c2=O)CCN1. The van der Waals surface area contributed by atoms with Crippen LogP contribution >= 0.6 is 0 Å². The lowest BCUT2D eigenvalue weighted by Gasteiger charge is -2.29. The molecule has 0 saturated carbocycles. The van der Waals surface area contributed by atoms with Gasteiger partial charge in [0, 0.05) is 37.8 Å². The number of amides is 2. The van der Waals surface area contributed by atoms with E-state index in [1.54, 1.807) is 6.07 Å². The van der Waals surface area contributed by atoms with Gasteiger partial charge in [0.25, 0.3) is 5.91 Å². The Bertz CT molecular complexity index is 968. The molecule has 0 unspecified atom stereocenters. The zero-order valence-corrected chi connectivity index (χ0v) is 14.6. The smallest absolute Gasteiger partial charge is 0.259 e. The summed E-state index contributed by atoms with van der Waals surface area (Å²) in [5.74, 6) is -1.32. The first-order chi connectivity index (χ1) is 13.0. The van der Waals surface area contributed by atoms with E-state index in [-0.39, 0.29) is 23.4 Å². The Morgan fingerprint density at radius 2 is 1.93 bits per heavy atom. The van der Waals surface area contributed by atoms with Gasteiger partial charge in [0.1, 0.15) is 11.4 Å². The summed E-state index contributed by atoms with van der Waals surface area (Å²) >= 11 is 0. The Kier molecular flexibility index (Phi) is 4.53. The maximum absolute atomic E-state index is 14.6. The zero-order chi connectivity index (χ0) is 19.0. The summed E-state index contributed by atoms with van der Waals surface area (Å²) in [6, 6.07) is 2.75. The van der Waals surface area contributed by atoms with Crippen LogP contribution in [0.3, 0.4) is 0 Å². The number of pyridine rings is 1. The molecule has 0 spiro atoms. The van der Waals surface area contributed by atoms with Crippen LogP contribution in [0.15, 0.2) is 23.1 Å². The number of ether oxygens (including phenoxy) is 1. The van der Waals surface area contributed by atoms with Crippen molar-refractivity contribution in [3.8, 4) is 0 Å². The average molecular weight is 374 g/mol. The molecule has 0 radical (unpaired) electrons. The molecule has 142 valence electrons. The molecule has 0 bridgehead atoms. The van der Waals surface area contributed by atoms with Gasteiger partial charge in [-0.05, 0) is 12.1 Å². The molecule has 3 heterocycles. The third kappa shape index (κ3) is 3.25. The molecule has 2 amide bonds. The number of fused-ring (bicyclic) bond motifs is 1. The van der Waals surface area contributed by atoms with Gasteiger partial charge >= 0.3 is 0 Å². The van der Waals surface area contributed by atoms with Crippen molar-refractivity contribution in [1.29, 1.82) is 0 Å². The van der Waals surface area contributed by atoms with Crippen molar-refractivity contribution in [2.24, 2.45) is 0 Å². The minimum atomic E-state index is -0.549. The van der Waals surface area contributed by atoms with Crippen molar-refractivity contribution >= 4 is 28.4 Å². The van der Waals surface area contributed by atoms with Crippen LogP contribution in [0.2, 0.25) is 0 Å². The van der Waals surface area contributed by atoms with Gasteiger partial charge in [0.2, 0.25) is 11.3 Å². The van der Waals surface area contributed by atoms with Gasteiger partial charge in [-0.2, -0.15) is 0 Å². The van der Waals surface area contributed by atoms with Gasteiger partial charge in [-0.1, -0.05) is 0 Å². The van der Waals surface area contributed by atoms with Gasteiger partial charge in [0.15, 0.2) is 0 Å². The summed E-state index contributed by atoms with van der Waals surface area (Å²) in [4.78, 5) is 43.0. The van der Waals surface area contributed by atoms with Crippen molar-refractivity contribution in [2.45, 2.75) is 0 Å². The Labute approximate surface area is 153 Å². The van der Waals surface area contributed by atoms with Gasteiger partial charge in [-0.15, -0.1) is 0 Å². The predicted octanol–water partition coefficient (Wildman–Crippen LogP) is 0.0758. The van der Waals surface area contributed by atoms with Crippen LogP contribution < -0.4 is 15.6 Å². The third-order valence-electron chi connectivity index (χ3n) is 4.86. The fraction of sp³-hybridized carbons (Fsp3) is 0.389. The van der Waals surface area contributed by atoms with Crippen LogP contribution in [-0.4, -0.2) is 67.6 Å². The Morgan fingerprint density at radius 1 is 1.15 bits per heavy atom. The highest BCUT2D eigenvalue weighted by Gasteiger charge is 2.25. The number of halogens is 1. The van der Waals surface area contributed by atoms with Gasteiger partial charge in [-0.25, -0.2) is 4.39 Å². The summed E-state index contributed by atoms with van der Waals surface area (Å²) in [5, 5.41) is 2.73. The first-order valence-corrected chi connectivity index (χ1v) is 8.78. The Balaban J connectivity index is 1.70. The molecular formula is C18H19FN4O4. The van der Waals surface area contributed by atoms with Crippen molar-refractivity contribution in [1.82, 2.24) is 15.2 Å². The predicted molar refractivity (Wildman–Crippen MR) is 96.5 cm³/mol. The minimum absolute atomic E-state index is 0.0966. The molecule has 4 rings (SSSR count). The molecular weight excluding hydrogens is 355 g/mol. The summed E-state index contributed by atoms with van der Waals surface area (Å²) in [7, 11) is 0. The molecule has 2 aromatic rings. The summed E-state index contributed by atoms with van der Waals surface area (Å²) in [6.07, 6.45) is 1.33. The topological polar surface area (TPSA) is 94.7 Å². The molecule has 0 aliphatic carbocycles. The zero-order valence-electron chi connectivity index (χ0n) is 14.6. The van der Waals surface area contributed by atoms with E-state index in [2.05, 4.69) is 10.3 Å². The number of aromatic nitrogens is 1. The standard InChI is InChI=1S/C18H19FN4O4/c19-13-7-11-14(8-15(13)22-3-5-27-6-4-22)21-9-12(17(11)25)18(26)23-2-1-20-16(24)10-23/h7-9H,1-6,10H2,(H,20,24)(H,21,25). The number of morpholine rings is 1. The molecule has 0 atom stereocenters. The number of hydrogen-bond acceptors (Lipinski definition) is 5. The normalized spacial score (nSPS) is 17.9. The second-order valence-corrected chi connectivity index (χ2v) is 6.56. The van der Waals surface area contributed by atoms with Crippen molar-refractivity contribution in [3.05, 3.63) is 39.9 Å². The van der Waals surface area contributed by atoms with Crippen LogP contribution in [0.4, 0.5) is 10.1 Å². The third-order valence-corrected chi connectivity index (χ3v) is 4.86. The van der Waals surface area contributed by atoms with Crippen LogP contribution in [0.25, 0.3) is 10.9 Å². The van der Waals surface area contributed by atoms with Crippen LogP contribution in [0.1, 0.15) is 10.4 Å². The van der Waals surface area contributed by atoms with E-state index in [0.29, 0.717) is 50.6 Å². The lowest BCUT2D eigenvalue weighted by atomic mass is 10.1. The highest BCUT2D eigenvalue weighted by atomic mass is 19.1. The largest absolute Gasteiger partial charge is 0.378 e. The number of hydrogen-bond donors (Lipinski definition) is 2. The van der Waals surface area contributed by atoms with Crippen LogP contribution in [0.5, 0.6) is 0 Å². The van der Waals surface area contributed by atoms with Gasteiger partial charge in [0.05, 0.1) is 31.0 Å². The van der Waals surface area contributed by atoms with E-state index in [1.807, 2.05) is 4.90 Å². The first-order valence-electron chi connectivity index (χ1n) is 8.78. The summed E-state index contributed by atoms with van der Waals surface area (Å²) in [5.41, 5.74) is 0.201. The number of carbonyl (C=O) groups excluding carboxylic acids is 2. The number of carbonyl (C=O) groups is 2. The molecule has 8 nitrogen and oxygen atoms in total. The molecule has 1 aromatic heterocycles. The minimum Gasteiger partial charge on any atom is -0.378 e. The average Bonchev–Trinajstić information content (AvgIpc) is 2.68. The van der Waals surface area contributed by atoms with E-state index < -0.39 is 17.2 Å². The quantitative estimate of drug-likeness (QED) is 0.776. The van der Waals surface area contributed by atoms with Gasteiger partial charge < -0.3 is 24.8 Å². The molecule has 27 heavy (non-hydrogen) atoms. The number of H-pyrrole nitrogens is 1. The lowest BCUT2D eigenvalue weighted by Crippen LogP contribution is -2.50. The number of benzene rings is 1. The van der Waals surface area contributed by atoms with E-state index >= 15 is 0 Å². The molecule has 1 aromatic carbocycles. The fourth-order valence-electron chi connectivity index (χ4n) is 3.42. The molecule has 9 heteroatoms. The lowest BCUT2D eigenvalue weighted by molar-refractivity contribution is -0.123. The van der Waals surface area contributed by atoms with E-state index in [1.165, 1.54) is 17.2 Å². The number of nitrogens with zero attached hydrogens (tertiary/aromatic N) is 2. The molecule has 2 saturated heterocycles. The van der Waals surface area contributed by atoms with Crippen molar-refractivity contribution < 1.29 is 18.7 Å². The van der Waals surface area contributed by atoms with Crippen molar-refractivity contribution in [3.63, 3.8) is 0 Å². The fourth-order valence-corrected chi connectivity index (χ4v) is 3.42. The second kappa shape index (κ2) is 6.99. The summed E-state index contributed by atoms with van der Waals surface area (Å²) < 4.78 is 19.9. The van der Waals surface area contributed by atoms with E-state index in [9.17, 15) is 18.8 Å². The Hall–Kier alpha value is -2.94. The summed E-state index contributed by atoms with van der Waals surface area (Å²) in [6.45, 7) is 2.75. The number of anilines is 1. The van der Waals surface area contributed by atoms with Crippen molar-refractivity contribution in [2.75, 3.05) is 50.8 Å². The molecule has 2 N–H and O–H groups in total. The second-order valence-electron chi connectivity index (χ2n) is 6.56. The highest BCUT2D eigenvalue weighted by molar-refractivity contribution is 5.99. The molecule has 2 aliphatic heterocycles. The highest BCUT2D eigenvalue weighted by Crippen LogP contribution is 2.24. The van der Waals surface area contributed by atoms with E-state index in [4.69, 9.17) is 4.74 Å². The maximum atomic E-state index is 14.6. The van der Waals surface area contributed by atoms with Gasteiger partial charge in [-0.3, -0.25) is 14.4 Å². The van der Waals surface area contributed by atoms with E-state index in [0.717, 1.165) is 0 Å². The maximum Gasteiger partial charge on any atom is 0.259 e. The molecule has 2 fully saturated rings.